The third kappa shape index (κ3) is 6.37. The molecule has 4 heteroatoms. The van der Waals surface area contributed by atoms with E-state index in [2.05, 4.69) is 36.1 Å². The van der Waals surface area contributed by atoms with Gasteiger partial charge in [0.2, 0.25) is 0 Å². The first kappa shape index (κ1) is 22.4. The molecule has 31 heavy (non-hydrogen) atoms. The molecule has 0 fully saturated rings. The predicted octanol–water partition coefficient (Wildman–Crippen LogP) is 5.41. The second kappa shape index (κ2) is 10.7. The summed E-state index contributed by atoms with van der Waals surface area (Å²) in [6, 6.07) is 23.8. The maximum absolute atomic E-state index is 9.74. The molecule has 0 aliphatic carbocycles. The number of aromatic hydroxyl groups is 1. The van der Waals surface area contributed by atoms with E-state index in [1.165, 1.54) is 11.1 Å². The van der Waals surface area contributed by atoms with E-state index in [1.807, 2.05) is 50.5 Å². The van der Waals surface area contributed by atoms with Gasteiger partial charge in [0.15, 0.2) is 0 Å². The molecule has 3 rings (SSSR count). The number of hydrogen-bond acceptors (Lipinski definition) is 4. The molecule has 3 aromatic carbocycles. The van der Waals surface area contributed by atoms with Crippen molar-refractivity contribution in [2.45, 2.75) is 13.3 Å². The summed E-state index contributed by atoms with van der Waals surface area (Å²) >= 11 is 0. The molecule has 0 spiro atoms. The molecule has 0 saturated heterocycles. The van der Waals surface area contributed by atoms with Gasteiger partial charge in [0.05, 0.1) is 7.11 Å². The quantitative estimate of drug-likeness (QED) is 0.506. The van der Waals surface area contributed by atoms with E-state index in [-0.39, 0.29) is 5.75 Å². The number of rotatable bonds is 9. The van der Waals surface area contributed by atoms with E-state index in [4.69, 9.17) is 9.47 Å². The van der Waals surface area contributed by atoms with E-state index in [0.29, 0.717) is 6.61 Å². The first-order valence-corrected chi connectivity index (χ1v) is 10.5. The fourth-order valence-electron chi connectivity index (χ4n) is 3.49. The zero-order chi connectivity index (χ0) is 22.2. The molecule has 0 amide bonds. The standard InChI is InChI=1S/C27H31NO3/c1-20(19-21-5-13-25(30-4)14-6-21)27(22-7-11-24(29)12-8-22)23-9-15-26(16-10-23)31-18-17-28(2)3/h5-16,29H,17-19H2,1-4H3/b27-20+. The SMILES string of the molecule is COc1ccc(C/C(C)=C(\c2ccc(O)cc2)c2ccc(OCCN(C)C)cc2)cc1. The molecule has 4 nitrogen and oxygen atoms in total. The number of hydrogen-bond donors (Lipinski definition) is 1. The van der Waals surface area contributed by atoms with Crippen LogP contribution >= 0.6 is 0 Å². The van der Waals surface area contributed by atoms with E-state index < -0.39 is 0 Å². The third-order valence-electron chi connectivity index (χ3n) is 5.16. The fraction of sp³-hybridized carbons (Fsp3) is 0.259. The maximum Gasteiger partial charge on any atom is 0.119 e. The molecule has 0 heterocycles. The average molecular weight is 418 g/mol. The minimum Gasteiger partial charge on any atom is -0.508 e. The highest BCUT2D eigenvalue weighted by molar-refractivity contribution is 5.82. The van der Waals surface area contributed by atoms with Crippen molar-refractivity contribution in [2.24, 2.45) is 0 Å². The van der Waals surface area contributed by atoms with Crippen LogP contribution in [0.15, 0.2) is 78.4 Å². The lowest BCUT2D eigenvalue weighted by molar-refractivity contribution is 0.261. The normalized spacial score (nSPS) is 11.9. The molecule has 0 bridgehead atoms. The Hall–Kier alpha value is -3.24. The van der Waals surface area contributed by atoms with Crippen molar-refractivity contribution in [3.05, 3.63) is 95.1 Å². The van der Waals surface area contributed by atoms with Gasteiger partial charge in [-0.05, 0) is 86.1 Å². The van der Waals surface area contributed by atoms with Crippen LogP contribution in [0.4, 0.5) is 0 Å². The van der Waals surface area contributed by atoms with Crippen LogP contribution < -0.4 is 9.47 Å². The number of ether oxygens (including phenoxy) is 2. The number of allylic oxidation sites excluding steroid dienone is 1. The summed E-state index contributed by atoms with van der Waals surface area (Å²) in [5.41, 5.74) is 5.83. The van der Waals surface area contributed by atoms with Crippen LogP contribution in [0, 0.1) is 0 Å². The maximum atomic E-state index is 9.74. The van der Waals surface area contributed by atoms with Gasteiger partial charge >= 0.3 is 0 Å². The number of likely N-dealkylation sites (N-methyl/N-ethyl adjacent to an activating group) is 1. The molecule has 0 aliphatic rings. The van der Waals surface area contributed by atoms with E-state index in [1.54, 1.807) is 19.2 Å². The lowest BCUT2D eigenvalue weighted by Crippen LogP contribution is -2.19. The van der Waals surface area contributed by atoms with Crippen LogP contribution in [0.2, 0.25) is 0 Å². The molecule has 0 radical (unpaired) electrons. The number of methoxy groups -OCH3 is 1. The van der Waals surface area contributed by atoms with Gasteiger partial charge < -0.3 is 19.5 Å². The summed E-state index contributed by atoms with van der Waals surface area (Å²) in [5, 5.41) is 9.74. The van der Waals surface area contributed by atoms with Crippen molar-refractivity contribution >= 4 is 5.57 Å². The van der Waals surface area contributed by atoms with E-state index in [9.17, 15) is 5.11 Å². The fourth-order valence-corrected chi connectivity index (χ4v) is 3.49. The summed E-state index contributed by atoms with van der Waals surface area (Å²) in [5.74, 6) is 1.98. The van der Waals surface area contributed by atoms with Crippen molar-refractivity contribution in [2.75, 3.05) is 34.4 Å². The second-order valence-corrected chi connectivity index (χ2v) is 7.90. The van der Waals surface area contributed by atoms with Gasteiger partial charge in [-0.25, -0.2) is 0 Å². The Bertz CT molecular complexity index is 988. The molecule has 1 N–H and O–H groups in total. The number of phenolic OH excluding ortho intramolecular Hbond substituents is 1. The van der Waals surface area contributed by atoms with Crippen molar-refractivity contribution < 1.29 is 14.6 Å². The molecular weight excluding hydrogens is 386 g/mol. The predicted molar refractivity (Wildman–Crippen MR) is 127 cm³/mol. The molecule has 0 aromatic heterocycles. The monoisotopic (exact) mass is 417 g/mol. The minimum absolute atomic E-state index is 0.264. The van der Waals surface area contributed by atoms with Crippen LogP contribution in [-0.4, -0.2) is 44.4 Å². The number of benzene rings is 3. The van der Waals surface area contributed by atoms with Gasteiger partial charge in [-0.1, -0.05) is 42.0 Å². The second-order valence-electron chi connectivity index (χ2n) is 7.90. The minimum atomic E-state index is 0.264. The Morgan fingerprint density at radius 1 is 0.806 bits per heavy atom. The highest BCUT2D eigenvalue weighted by atomic mass is 16.5. The van der Waals surface area contributed by atoms with Crippen LogP contribution in [-0.2, 0) is 6.42 Å². The average Bonchev–Trinajstić information content (AvgIpc) is 2.76. The molecule has 0 saturated carbocycles. The Morgan fingerprint density at radius 3 is 1.90 bits per heavy atom. The van der Waals surface area contributed by atoms with Crippen LogP contribution in [0.3, 0.4) is 0 Å². The van der Waals surface area contributed by atoms with Gasteiger partial charge in [0, 0.05) is 6.54 Å². The molecule has 3 aromatic rings. The topological polar surface area (TPSA) is 41.9 Å². The van der Waals surface area contributed by atoms with Gasteiger partial charge in [0.1, 0.15) is 23.9 Å². The summed E-state index contributed by atoms with van der Waals surface area (Å²) < 4.78 is 11.1. The summed E-state index contributed by atoms with van der Waals surface area (Å²) in [7, 11) is 5.75. The Morgan fingerprint density at radius 2 is 1.35 bits per heavy atom. The summed E-state index contributed by atoms with van der Waals surface area (Å²) in [6.45, 7) is 3.69. The first-order chi connectivity index (χ1) is 15.0. The van der Waals surface area contributed by atoms with E-state index >= 15 is 0 Å². The third-order valence-corrected chi connectivity index (χ3v) is 5.16. The Balaban J connectivity index is 1.90. The highest BCUT2D eigenvalue weighted by Gasteiger charge is 2.11. The van der Waals surface area contributed by atoms with Gasteiger partial charge in [-0.15, -0.1) is 0 Å². The Kier molecular flexibility index (Phi) is 7.74. The van der Waals surface area contributed by atoms with Gasteiger partial charge in [-0.3, -0.25) is 0 Å². The lowest BCUT2D eigenvalue weighted by Gasteiger charge is -2.16. The van der Waals surface area contributed by atoms with Crippen LogP contribution in [0.1, 0.15) is 23.6 Å². The Labute approximate surface area is 185 Å². The van der Waals surface area contributed by atoms with Gasteiger partial charge in [0.25, 0.3) is 0 Å². The molecule has 162 valence electrons. The number of phenols is 1. The molecule has 0 unspecified atom stereocenters. The van der Waals surface area contributed by atoms with Crippen molar-refractivity contribution in [3.63, 3.8) is 0 Å². The molecule has 0 atom stereocenters. The van der Waals surface area contributed by atoms with Crippen LogP contribution in [0.25, 0.3) is 5.57 Å². The summed E-state index contributed by atoms with van der Waals surface area (Å²) in [4.78, 5) is 2.10. The largest absolute Gasteiger partial charge is 0.508 e. The molecular formula is C27H31NO3. The first-order valence-electron chi connectivity index (χ1n) is 10.5. The van der Waals surface area contributed by atoms with Gasteiger partial charge in [-0.2, -0.15) is 0 Å². The van der Waals surface area contributed by atoms with Crippen molar-refractivity contribution in [1.29, 1.82) is 0 Å². The lowest BCUT2D eigenvalue weighted by atomic mass is 9.90. The van der Waals surface area contributed by atoms with Crippen molar-refractivity contribution in [3.8, 4) is 17.2 Å². The van der Waals surface area contributed by atoms with Crippen LogP contribution in [0.5, 0.6) is 17.2 Å². The van der Waals surface area contributed by atoms with E-state index in [0.717, 1.165) is 41.2 Å². The zero-order valence-electron chi connectivity index (χ0n) is 18.8. The molecule has 0 aliphatic heterocycles. The number of nitrogens with zero attached hydrogens (tertiary/aromatic N) is 1. The van der Waals surface area contributed by atoms with Crippen molar-refractivity contribution in [1.82, 2.24) is 4.90 Å². The summed E-state index contributed by atoms with van der Waals surface area (Å²) in [6.07, 6.45) is 0.821. The highest BCUT2D eigenvalue weighted by Crippen LogP contribution is 2.31. The zero-order valence-corrected chi connectivity index (χ0v) is 18.8. The smallest absolute Gasteiger partial charge is 0.119 e.